The lowest BCUT2D eigenvalue weighted by Crippen LogP contribution is -2.62. The van der Waals surface area contributed by atoms with Gasteiger partial charge < -0.3 is 15.0 Å². The molecule has 32 heavy (non-hydrogen) atoms. The summed E-state index contributed by atoms with van der Waals surface area (Å²) in [6.07, 6.45) is 8.28. The topological polar surface area (TPSA) is 59.4 Å². The highest BCUT2D eigenvalue weighted by molar-refractivity contribution is 6.42. The minimum absolute atomic E-state index is 0.0995. The second-order valence-electron chi connectivity index (χ2n) is 9.41. The van der Waals surface area contributed by atoms with Gasteiger partial charge in [0.1, 0.15) is 11.9 Å². The van der Waals surface area contributed by atoms with E-state index in [0.29, 0.717) is 22.6 Å². The van der Waals surface area contributed by atoms with E-state index in [1.165, 1.54) is 6.42 Å². The molecule has 8 heteroatoms. The molecule has 168 valence electrons. The lowest BCUT2D eigenvalue weighted by Gasteiger charge is -2.55. The molecule has 1 aromatic heterocycles. The molecule has 1 amide bonds. The average molecular weight is 473 g/mol. The van der Waals surface area contributed by atoms with Crippen molar-refractivity contribution >= 4 is 34.9 Å². The fourth-order valence-electron chi connectivity index (χ4n) is 6.69. The molecular weight excluding hydrogens is 447 g/mol. The highest BCUT2D eigenvalue weighted by atomic mass is 35.5. The fraction of sp³-hybridized carbons (Fsp3) is 0.500. The number of aromatic nitrogens is 2. The molecule has 4 atom stereocenters. The summed E-state index contributed by atoms with van der Waals surface area (Å²) in [6, 6.07) is 7.35. The highest BCUT2D eigenvalue weighted by Crippen LogP contribution is 2.56. The van der Waals surface area contributed by atoms with Gasteiger partial charge in [0, 0.05) is 24.8 Å². The van der Waals surface area contributed by atoms with Crippen molar-refractivity contribution < 1.29 is 9.53 Å². The Kier molecular flexibility index (Phi) is 4.83. The predicted molar refractivity (Wildman–Crippen MR) is 124 cm³/mol. The van der Waals surface area contributed by atoms with E-state index >= 15 is 0 Å². The summed E-state index contributed by atoms with van der Waals surface area (Å²) in [5, 5.41) is 9.19. The van der Waals surface area contributed by atoms with E-state index in [9.17, 15) is 4.79 Å². The van der Waals surface area contributed by atoms with Crippen LogP contribution in [0.5, 0.6) is 0 Å². The van der Waals surface area contributed by atoms with Gasteiger partial charge in [-0.05, 0) is 43.4 Å². The zero-order valence-corrected chi connectivity index (χ0v) is 19.5. The first-order valence-electron chi connectivity index (χ1n) is 11.4. The summed E-state index contributed by atoms with van der Waals surface area (Å²) in [7, 11) is 1.72. The first-order chi connectivity index (χ1) is 15.5. The Balaban J connectivity index is 1.56. The van der Waals surface area contributed by atoms with Gasteiger partial charge in [0.15, 0.2) is 0 Å². The number of rotatable bonds is 3. The molecule has 2 aromatic rings. The Hall–Kier alpha value is -2.02. The number of hydrogen-bond donors (Lipinski definition) is 1. The number of methoxy groups -OCH3 is 1. The molecule has 4 heterocycles. The van der Waals surface area contributed by atoms with E-state index in [0.717, 1.165) is 54.8 Å². The number of hydrogen-bond acceptors (Lipinski definition) is 4. The van der Waals surface area contributed by atoms with Crippen LogP contribution in [0.15, 0.2) is 41.7 Å². The molecule has 6 rings (SSSR count). The Bertz CT molecular complexity index is 1130. The molecule has 1 spiro atoms. The van der Waals surface area contributed by atoms with E-state index in [-0.39, 0.29) is 23.5 Å². The van der Waals surface area contributed by atoms with Gasteiger partial charge in [-0.25, -0.2) is 4.68 Å². The summed E-state index contributed by atoms with van der Waals surface area (Å²) >= 11 is 12.6. The maximum atomic E-state index is 14.3. The van der Waals surface area contributed by atoms with E-state index in [1.54, 1.807) is 19.4 Å². The fourth-order valence-corrected chi connectivity index (χ4v) is 7.00. The van der Waals surface area contributed by atoms with E-state index in [4.69, 9.17) is 27.9 Å². The SMILES string of the molecule is COC[C@@H]1CCC23CCCCC2C2=C(C(=O)N13)C(c1ccc(Cl)c(Cl)c1)n1nccc1N2. The lowest BCUT2D eigenvalue weighted by atomic mass is 9.65. The van der Waals surface area contributed by atoms with Crippen molar-refractivity contribution in [3.63, 3.8) is 0 Å². The smallest absolute Gasteiger partial charge is 0.254 e. The third kappa shape index (κ3) is 2.76. The molecule has 1 aliphatic carbocycles. The number of carbonyl (C=O) groups is 1. The number of fused-ring (bicyclic) bond motifs is 2. The molecule has 0 radical (unpaired) electrons. The monoisotopic (exact) mass is 472 g/mol. The number of ether oxygens (including phenoxy) is 1. The second-order valence-corrected chi connectivity index (χ2v) is 10.2. The van der Waals surface area contributed by atoms with Crippen LogP contribution >= 0.6 is 23.2 Å². The summed E-state index contributed by atoms with van der Waals surface area (Å²) < 4.78 is 7.44. The van der Waals surface area contributed by atoms with Crippen molar-refractivity contribution in [3.05, 3.63) is 57.3 Å². The molecule has 3 aliphatic heterocycles. The molecule has 3 unspecified atom stereocenters. The summed E-state index contributed by atoms with van der Waals surface area (Å²) in [4.78, 5) is 16.5. The van der Waals surface area contributed by atoms with Crippen LogP contribution in [0.3, 0.4) is 0 Å². The number of carbonyl (C=O) groups excluding carboxylic acids is 1. The van der Waals surface area contributed by atoms with E-state index in [2.05, 4.69) is 15.3 Å². The Labute approximate surface area is 197 Å². The van der Waals surface area contributed by atoms with Crippen molar-refractivity contribution in [1.29, 1.82) is 0 Å². The molecule has 1 saturated heterocycles. The zero-order chi connectivity index (χ0) is 22.0. The van der Waals surface area contributed by atoms with Crippen LogP contribution in [0.2, 0.25) is 10.0 Å². The second kappa shape index (κ2) is 7.51. The third-order valence-corrected chi connectivity index (χ3v) is 8.65. The van der Waals surface area contributed by atoms with E-state index < -0.39 is 0 Å². The number of amides is 1. The maximum Gasteiger partial charge on any atom is 0.254 e. The number of benzene rings is 1. The zero-order valence-electron chi connectivity index (χ0n) is 18.0. The van der Waals surface area contributed by atoms with Crippen LogP contribution < -0.4 is 5.32 Å². The summed E-state index contributed by atoms with van der Waals surface area (Å²) in [5.74, 6) is 1.30. The largest absolute Gasteiger partial charge is 0.383 e. The van der Waals surface area contributed by atoms with Gasteiger partial charge >= 0.3 is 0 Å². The third-order valence-electron chi connectivity index (χ3n) is 7.91. The van der Waals surface area contributed by atoms with Gasteiger partial charge in [0.2, 0.25) is 0 Å². The molecular formula is C24H26Cl2N4O2. The van der Waals surface area contributed by atoms with Crippen molar-refractivity contribution in [1.82, 2.24) is 14.7 Å². The maximum absolute atomic E-state index is 14.3. The molecule has 2 fully saturated rings. The Morgan fingerprint density at radius 3 is 2.88 bits per heavy atom. The van der Waals surface area contributed by atoms with Gasteiger partial charge in [-0.3, -0.25) is 4.79 Å². The molecule has 4 aliphatic rings. The molecule has 1 N–H and O–H groups in total. The van der Waals surface area contributed by atoms with Crippen molar-refractivity contribution in [2.24, 2.45) is 5.92 Å². The van der Waals surface area contributed by atoms with Crippen LogP contribution in [-0.2, 0) is 9.53 Å². The number of anilines is 1. The highest BCUT2D eigenvalue weighted by Gasteiger charge is 2.60. The van der Waals surface area contributed by atoms with Crippen molar-refractivity contribution in [3.8, 4) is 0 Å². The van der Waals surface area contributed by atoms with Crippen molar-refractivity contribution in [2.75, 3.05) is 19.0 Å². The van der Waals surface area contributed by atoms with Gasteiger partial charge in [-0.15, -0.1) is 0 Å². The van der Waals surface area contributed by atoms with Crippen LogP contribution in [-0.4, -0.2) is 45.9 Å². The first kappa shape index (κ1) is 20.6. The summed E-state index contributed by atoms with van der Waals surface area (Å²) in [6.45, 7) is 0.570. The van der Waals surface area contributed by atoms with Crippen LogP contribution in [0, 0.1) is 5.92 Å². The molecule has 1 saturated carbocycles. The standard InChI is InChI=1S/C24H26Cl2N4O2/c1-32-13-15-7-10-24-9-3-2-4-16(24)21-20(23(31)29(15)24)22(30-19(28-21)8-11-27-30)14-5-6-17(25)18(26)12-14/h5-6,8,11-12,15-16,22,28H,2-4,7,9-10,13H2,1H3/t15-,16?,22?,24?/m0/s1. The minimum Gasteiger partial charge on any atom is -0.383 e. The first-order valence-corrected chi connectivity index (χ1v) is 12.1. The van der Waals surface area contributed by atoms with Crippen molar-refractivity contribution in [2.45, 2.75) is 56.1 Å². The van der Waals surface area contributed by atoms with Crippen LogP contribution in [0.25, 0.3) is 0 Å². The van der Waals surface area contributed by atoms with Gasteiger partial charge in [-0.2, -0.15) is 5.10 Å². The lowest BCUT2D eigenvalue weighted by molar-refractivity contribution is -0.141. The van der Waals surface area contributed by atoms with Gasteiger partial charge in [-0.1, -0.05) is 42.1 Å². The predicted octanol–water partition coefficient (Wildman–Crippen LogP) is 5.04. The van der Waals surface area contributed by atoms with Gasteiger partial charge in [0.05, 0.1) is 40.0 Å². The Morgan fingerprint density at radius 2 is 2.06 bits per heavy atom. The quantitative estimate of drug-likeness (QED) is 0.679. The normalized spacial score (nSPS) is 31.0. The number of halogens is 2. The molecule has 1 aromatic carbocycles. The molecule has 6 nitrogen and oxygen atoms in total. The van der Waals surface area contributed by atoms with E-state index in [1.807, 2.05) is 22.9 Å². The Morgan fingerprint density at radius 1 is 1.19 bits per heavy atom. The van der Waals surface area contributed by atoms with Crippen LogP contribution in [0.4, 0.5) is 5.82 Å². The summed E-state index contributed by atoms with van der Waals surface area (Å²) in [5.41, 5.74) is 2.66. The number of nitrogens with zero attached hydrogens (tertiary/aromatic N) is 3. The molecule has 0 bridgehead atoms. The minimum atomic E-state index is -0.345. The van der Waals surface area contributed by atoms with Gasteiger partial charge in [0.25, 0.3) is 5.91 Å². The average Bonchev–Trinajstić information content (AvgIpc) is 3.40. The number of nitrogens with one attached hydrogen (secondary N) is 1. The van der Waals surface area contributed by atoms with Crippen LogP contribution in [0.1, 0.15) is 50.1 Å².